The van der Waals surface area contributed by atoms with Gasteiger partial charge in [-0.15, -0.1) is 6.58 Å². The number of hydrogen-bond donors (Lipinski definition) is 6. The maximum absolute atomic E-state index is 10.7. The van der Waals surface area contributed by atoms with Gasteiger partial charge in [0.25, 0.3) is 0 Å². The molecule has 0 aliphatic heterocycles. The SMILES string of the molecule is C=CC(=O)OCCC(C)OC(=O)C=C.C=CC(=O)OCCCCCOC(=O)C=C.C=CC(=O)OCCCCOC(=O)C=C.C=CC(=O)OCCCOC(=O)C=C.C=CCOCCCCCCOC(=O)C=C.NCCCCCO.NCCCCO.NCCCO.[2HH].[2H][2H]. The van der Waals surface area contributed by atoms with Gasteiger partial charge in [-0.1, -0.05) is 71.7 Å². The Kier molecular flexibility index (Phi) is 95.1. The Morgan fingerprint density at radius 2 is 0.573 bits per heavy atom. The highest BCUT2D eigenvalue weighted by Crippen LogP contribution is 2.02. The summed E-state index contributed by atoms with van der Waals surface area (Å²) in [5, 5.41) is 24.4. The molecule has 0 heterocycles. The zero-order valence-electron chi connectivity index (χ0n) is 55.1. The maximum Gasteiger partial charge on any atom is 0.330 e. The van der Waals surface area contributed by atoms with Crippen LogP contribution in [0.3, 0.4) is 0 Å². The number of aliphatic hydroxyl groups excluding tert-OH is 3. The highest BCUT2D eigenvalue weighted by Gasteiger charge is 2.07. The summed E-state index contributed by atoms with van der Waals surface area (Å²) >= 11 is 0. The van der Waals surface area contributed by atoms with Crippen LogP contribution in [0.1, 0.15) is 120 Å². The van der Waals surface area contributed by atoms with Crippen LogP contribution in [-0.4, -0.2) is 181 Å². The van der Waals surface area contributed by atoms with E-state index in [-0.39, 0.29) is 46.5 Å². The van der Waals surface area contributed by atoms with Crippen LogP contribution in [0.2, 0.25) is 0 Å². The van der Waals surface area contributed by atoms with Crippen LogP contribution >= 0.6 is 0 Å². The van der Waals surface area contributed by atoms with Crippen molar-refractivity contribution in [3.05, 3.63) is 127 Å². The van der Waals surface area contributed by atoms with E-state index in [1.807, 2.05) is 0 Å². The molecule has 516 valence electrons. The Labute approximate surface area is 533 Å². The first kappa shape index (κ1) is 95.0. The Morgan fingerprint density at radius 1 is 0.337 bits per heavy atom. The lowest BCUT2D eigenvalue weighted by molar-refractivity contribution is -0.145. The lowest BCUT2D eigenvalue weighted by Crippen LogP contribution is -2.16. The van der Waals surface area contributed by atoms with E-state index in [1.165, 1.54) is 6.08 Å². The average Bonchev–Trinajstić information content (AvgIpc) is 3.63. The van der Waals surface area contributed by atoms with E-state index in [1.54, 1.807) is 13.0 Å². The predicted octanol–water partition coefficient (Wildman–Crippen LogP) is 7.02. The zero-order chi connectivity index (χ0) is 71.3. The fourth-order valence-corrected chi connectivity index (χ4v) is 4.56. The van der Waals surface area contributed by atoms with Crippen LogP contribution in [-0.2, 0) is 90.5 Å². The summed E-state index contributed by atoms with van der Waals surface area (Å²) in [7, 11) is 0. The van der Waals surface area contributed by atoms with Crippen molar-refractivity contribution < 1.29 is 110 Å². The molecule has 1 atom stereocenters. The van der Waals surface area contributed by atoms with Crippen LogP contribution in [0.15, 0.2) is 127 Å². The average molecular weight is 1280 g/mol. The number of rotatable bonds is 46. The molecule has 0 aliphatic rings. The van der Waals surface area contributed by atoms with Gasteiger partial charge >= 0.3 is 53.7 Å². The van der Waals surface area contributed by atoms with Gasteiger partial charge in [-0.25, -0.2) is 43.2 Å². The minimum atomic E-state index is -0.479. The molecule has 9 N–H and O–H groups in total. The van der Waals surface area contributed by atoms with Gasteiger partial charge in [0.15, 0.2) is 0 Å². The van der Waals surface area contributed by atoms with Crippen molar-refractivity contribution in [3.63, 3.8) is 0 Å². The number of aliphatic hydroxyl groups is 3. The van der Waals surface area contributed by atoms with Gasteiger partial charge in [0.1, 0.15) is 6.10 Å². The Balaban J connectivity index is -0.000000106. The van der Waals surface area contributed by atoms with E-state index >= 15 is 0 Å². The van der Waals surface area contributed by atoms with Crippen LogP contribution in [0.5, 0.6) is 0 Å². The number of unbranched alkanes of at least 4 members (excludes halogenated alkanes) is 9. The summed E-state index contributed by atoms with van der Waals surface area (Å²) in [5.74, 6) is -3.95. The number of ether oxygens (including phenoxy) is 10. The van der Waals surface area contributed by atoms with Crippen molar-refractivity contribution in [1.82, 2.24) is 0 Å². The minimum absolute atomic E-state index is 0. The molecule has 0 saturated carbocycles. The molecule has 0 rings (SSSR count). The Hall–Kier alpha value is -7.65. The molecule has 0 bridgehead atoms. The second-order valence-corrected chi connectivity index (χ2v) is 16.8. The van der Waals surface area contributed by atoms with E-state index in [2.05, 4.69) is 75.3 Å². The fourth-order valence-electron chi connectivity index (χ4n) is 4.56. The van der Waals surface area contributed by atoms with Crippen molar-refractivity contribution in [3.8, 4) is 0 Å². The second kappa shape index (κ2) is 89.1. The fraction of sp³-hybridized carbons (Fsp3) is 0.547. The maximum atomic E-state index is 10.7. The molecule has 0 spiro atoms. The molecule has 0 radical (unpaired) electrons. The molecule has 0 saturated heterocycles. The molecule has 25 nitrogen and oxygen atoms in total. The monoisotopic (exact) mass is 1280 g/mol. The smallest absolute Gasteiger partial charge is 0.330 e. The number of carbonyl (C=O) groups excluding carboxylic acids is 9. The molecular formula is C64H113N3O22. The third-order valence-electron chi connectivity index (χ3n) is 9.17. The summed E-state index contributed by atoms with van der Waals surface area (Å²) in [6.07, 6.45) is 25.7. The summed E-state index contributed by atoms with van der Waals surface area (Å²) < 4.78 is 57.8. The molecule has 1 unspecified atom stereocenters. The van der Waals surface area contributed by atoms with Crippen LogP contribution in [0, 0.1) is 0 Å². The molecule has 89 heavy (non-hydrogen) atoms. The van der Waals surface area contributed by atoms with Gasteiger partial charge in [-0.3, -0.25) is 0 Å². The third kappa shape index (κ3) is 109. The lowest BCUT2D eigenvalue weighted by Gasteiger charge is -2.11. The van der Waals surface area contributed by atoms with E-state index in [0.717, 1.165) is 145 Å². The van der Waals surface area contributed by atoms with Crippen molar-refractivity contribution >= 4 is 53.7 Å². The van der Waals surface area contributed by atoms with E-state index in [4.69, 9.17) is 73.4 Å². The van der Waals surface area contributed by atoms with Crippen LogP contribution < -0.4 is 17.2 Å². The van der Waals surface area contributed by atoms with Crippen molar-refractivity contribution in [1.29, 1.82) is 0 Å². The third-order valence-corrected chi connectivity index (χ3v) is 9.17. The molecular weight excluding hydrogens is 1160 g/mol. The number of nitrogens with two attached hydrogens (primary N) is 3. The molecule has 0 aromatic carbocycles. The van der Waals surface area contributed by atoms with Gasteiger partial charge in [0.2, 0.25) is 0 Å². The van der Waals surface area contributed by atoms with Crippen LogP contribution in [0.4, 0.5) is 0 Å². The first-order valence-corrected chi connectivity index (χ1v) is 29.0. The normalized spacial score (nSPS) is 9.47. The summed E-state index contributed by atoms with van der Waals surface area (Å²) in [4.78, 5) is 95.3. The van der Waals surface area contributed by atoms with Gasteiger partial charge in [-0.05, 0) is 116 Å². The molecule has 0 fully saturated rings. The molecule has 0 aromatic rings. The first-order valence-electron chi connectivity index (χ1n) is 30.0. The summed E-state index contributed by atoms with van der Waals surface area (Å²) in [6.45, 7) is 41.4. The largest absolute Gasteiger partial charge is 0.463 e. The first-order chi connectivity index (χ1) is 43.8. The molecule has 0 amide bonds. The van der Waals surface area contributed by atoms with E-state index in [9.17, 15) is 43.2 Å². The van der Waals surface area contributed by atoms with E-state index < -0.39 is 47.8 Å². The van der Waals surface area contributed by atoms with Gasteiger partial charge in [-0.2, -0.15) is 0 Å². The van der Waals surface area contributed by atoms with Crippen LogP contribution in [0.25, 0.3) is 0 Å². The van der Waals surface area contributed by atoms with Crippen molar-refractivity contribution in [2.24, 2.45) is 17.2 Å². The lowest BCUT2D eigenvalue weighted by atomic mass is 10.2. The molecule has 0 aliphatic carbocycles. The Bertz CT molecular complexity index is 1800. The van der Waals surface area contributed by atoms with Crippen molar-refractivity contribution in [2.75, 3.05) is 106 Å². The topological polar surface area (TPSA) is 385 Å². The number of carbonyl (C=O) groups is 9. The second-order valence-electron chi connectivity index (χ2n) is 16.8. The van der Waals surface area contributed by atoms with Gasteiger partial charge < -0.3 is 79.9 Å². The molecule has 25 heteroatoms. The van der Waals surface area contributed by atoms with Gasteiger partial charge in [0, 0.05) is 98.3 Å². The quantitative estimate of drug-likeness (QED) is 0.0117. The summed E-state index contributed by atoms with van der Waals surface area (Å²) in [6, 6.07) is 0. The zero-order valence-corrected chi connectivity index (χ0v) is 53.1. The molecule has 0 aromatic heterocycles. The standard InChI is InChI=1S/C12H20O3.C11H16O4.2C10H14O4.C9H12O4.C5H13NO.C4H11NO.C3H9NO.2H2/c1-3-9-14-10-7-5-6-8-11-15-12(13)4-2;1-3-10(12)14-8-6-5-7-9-15-11(13)4-2;1-4-9(11)13-7-6-8(3)14-10(12)5-2;1-3-9(11)13-7-5-6-8-14-10(12)4-2;1-3-8(10)12-6-5-7-13-9(11)4-2;6-4-2-1-3-5-7;5-3-1-2-4-6;4-2-1-3-5;;/h3-4H,1-2,5-11H2;3-4H,1-2,5-9H2;4-5,8H,1-2,6-7H2,3H3;3-4H,1-2,5-8H2;3-4H,1-2,5-7H2;7H,1-6H2;6H,1-5H2;5H,1-4H2;2*1H/i;;;;;;;;1+1D;1+1. The predicted molar refractivity (Wildman–Crippen MR) is 347 cm³/mol. The Morgan fingerprint density at radius 3 is 0.831 bits per heavy atom. The van der Waals surface area contributed by atoms with Gasteiger partial charge in [0.05, 0.1) is 59.5 Å². The highest BCUT2D eigenvalue weighted by atomic mass is 16.6. The van der Waals surface area contributed by atoms with Crippen molar-refractivity contribution in [2.45, 2.75) is 122 Å². The minimum Gasteiger partial charge on any atom is -0.463 e. The highest BCUT2D eigenvalue weighted by molar-refractivity contribution is 5.84. The number of esters is 9. The summed E-state index contributed by atoms with van der Waals surface area (Å²) in [5.41, 5.74) is 15.3. The number of hydrogen-bond acceptors (Lipinski definition) is 25. The van der Waals surface area contributed by atoms with E-state index in [0.29, 0.717) is 85.0 Å².